The number of aliphatic hydroxyl groups excluding tert-OH is 1. The first kappa shape index (κ1) is 14.0. The molecule has 0 rings (SSSR count). The van der Waals surface area contributed by atoms with Crippen LogP contribution in [0.3, 0.4) is 0 Å². The fraction of sp³-hybridized carbons (Fsp3) is 0.875. The molecule has 7 heteroatoms. The summed E-state index contributed by atoms with van der Waals surface area (Å²) in [6, 6.07) is -1.17. The quantitative estimate of drug-likeness (QED) is 0.657. The van der Waals surface area contributed by atoms with Gasteiger partial charge in [0.1, 0.15) is 6.54 Å². The van der Waals surface area contributed by atoms with Gasteiger partial charge in [0.2, 0.25) is 0 Å². The number of hydrogen-bond donors (Lipinski definition) is 3. The summed E-state index contributed by atoms with van der Waals surface area (Å²) in [4.78, 5) is 10.9. The van der Waals surface area contributed by atoms with Crippen LogP contribution in [0.1, 0.15) is 19.8 Å². The summed E-state index contributed by atoms with van der Waals surface area (Å²) in [6.07, 6.45) is -3.52. The standard InChI is InChI=1S/C8H15F3N2O2/c1-2-6(3-4-14)13-7(15)12-5-8(9,10)11/h6,14H,2-5H2,1H3,(H2,12,13,15). The van der Waals surface area contributed by atoms with Gasteiger partial charge in [-0.3, -0.25) is 0 Å². The summed E-state index contributed by atoms with van der Waals surface area (Å²) >= 11 is 0. The molecule has 0 aliphatic carbocycles. The van der Waals surface area contributed by atoms with E-state index in [0.29, 0.717) is 12.8 Å². The van der Waals surface area contributed by atoms with Crippen LogP contribution in [0.25, 0.3) is 0 Å². The molecule has 0 saturated carbocycles. The Morgan fingerprint density at radius 1 is 1.47 bits per heavy atom. The number of carbonyl (C=O) groups excluding carboxylic acids is 1. The van der Waals surface area contributed by atoms with Crippen LogP contribution in [-0.4, -0.2) is 36.5 Å². The highest BCUT2D eigenvalue weighted by atomic mass is 19.4. The SMILES string of the molecule is CCC(CCO)NC(=O)NCC(F)(F)F. The zero-order chi connectivity index (χ0) is 11.9. The number of urea groups is 1. The Morgan fingerprint density at radius 2 is 2.07 bits per heavy atom. The second-order valence-electron chi connectivity index (χ2n) is 3.06. The number of alkyl halides is 3. The molecule has 0 radical (unpaired) electrons. The number of hydrogen-bond acceptors (Lipinski definition) is 2. The fourth-order valence-corrected chi connectivity index (χ4v) is 0.951. The van der Waals surface area contributed by atoms with Gasteiger partial charge in [0.15, 0.2) is 0 Å². The summed E-state index contributed by atoms with van der Waals surface area (Å²) in [5, 5.41) is 12.6. The molecule has 90 valence electrons. The van der Waals surface area contributed by atoms with Crippen molar-refractivity contribution in [1.82, 2.24) is 10.6 Å². The fourth-order valence-electron chi connectivity index (χ4n) is 0.951. The monoisotopic (exact) mass is 228 g/mol. The van der Waals surface area contributed by atoms with Crippen molar-refractivity contribution in [3.05, 3.63) is 0 Å². The molecule has 15 heavy (non-hydrogen) atoms. The van der Waals surface area contributed by atoms with Gasteiger partial charge in [-0.15, -0.1) is 0 Å². The van der Waals surface area contributed by atoms with E-state index in [4.69, 9.17) is 5.11 Å². The summed E-state index contributed by atoms with van der Waals surface area (Å²) in [6.45, 7) is 0.302. The van der Waals surface area contributed by atoms with Gasteiger partial charge in [-0.1, -0.05) is 6.92 Å². The molecule has 3 N–H and O–H groups in total. The number of halogens is 3. The molecule has 0 spiro atoms. The van der Waals surface area contributed by atoms with E-state index in [0.717, 1.165) is 0 Å². The first-order valence-electron chi connectivity index (χ1n) is 4.61. The second kappa shape index (κ2) is 6.49. The van der Waals surface area contributed by atoms with Crippen LogP contribution < -0.4 is 10.6 Å². The lowest BCUT2D eigenvalue weighted by molar-refractivity contribution is -0.122. The number of aliphatic hydroxyl groups is 1. The molecule has 0 fully saturated rings. The van der Waals surface area contributed by atoms with Crippen molar-refractivity contribution in [3.63, 3.8) is 0 Å². The molecule has 0 bridgehead atoms. The molecule has 0 aliphatic rings. The lowest BCUT2D eigenvalue weighted by Crippen LogP contribution is -2.45. The highest BCUT2D eigenvalue weighted by Gasteiger charge is 2.27. The third-order valence-corrected chi connectivity index (χ3v) is 1.75. The van der Waals surface area contributed by atoms with Gasteiger partial charge in [0.05, 0.1) is 0 Å². The van der Waals surface area contributed by atoms with E-state index in [1.54, 1.807) is 12.2 Å². The van der Waals surface area contributed by atoms with Gasteiger partial charge in [-0.05, 0) is 12.8 Å². The summed E-state index contributed by atoms with van der Waals surface area (Å²) in [7, 11) is 0. The maximum Gasteiger partial charge on any atom is 0.405 e. The van der Waals surface area contributed by atoms with E-state index in [2.05, 4.69) is 5.32 Å². The third-order valence-electron chi connectivity index (χ3n) is 1.75. The Morgan fingerprint density at radius 3 is 2.47 bits per heavy atom. The average Bonchev–Trinajstić information content (AvgIpc) is 2.13. The Hall–Kier alpha value is -0.980. The van der Waals surface area contributed by atoms with E-state index in [1.807, 2.05) is 0 Å². The summed E-state index contributed by atoms with van der Waals surface area (Å²) < 4.78 is 35.1. The predicted molar refractivity (Wildman–Crippen MR) is 48.4 cm³/mol. The molecule has 0 heterocycles. The van der Waals surface area contributed by atoms with Crippen LogP contribution in [0.4, 0.5) is 18.0 Å². The Labute approximate surface area is 85.8 Å². The normalized spacial score (nSPS) is 13.4. The molecule has 0 aromatic heterocycles. The Balaban J connectivity index is 3.81. The third kappa shape index (κ3) is 8.04. The number of carbonyl (C=O) groups is 1. The van der Waals surface area contributed by atoms with E-state index in [-0.39, 0.29) is 12.6 Å². The van der Waals surface area contributed by atoms with E-state index in [1.165, 1.54) is 0 Å². The van der Waals surface area contributed by atoms with Crippen molar-refractivity contribution < 1.29 is 23.1 Å². The van der Waals surface area contributed by atoms with Crippen molar-refractivity contribution in [2.45, 2.75) is 32.0 Å². The highest BCUT2D eigenvalue weighted by molar-refractivity contribution is 5.74. The molecule has 0 aliphatic heterocycles. The summed E-state index contributed by atoms with van der Waals surface area (Å²) in [5.41, 5.74) is 0. The Bertz CT molecular complexity index is 197. The molecule has 1 atom stereocenters. The van der Waals surface area contributed by atoms with Gasteiger partial charge in [-0.25, -0.2) is 4.79 Å². The summed E-state index contributed by atoms with van der Waals surface area (Å²) in [5.74, 6) is 0. The minimum atomic E-state index is -4.41. The van der Waals surface area contributed by atoms with Gasteiger partial charge in [-0.2, -0.15) is 13.2 Å². The minimum absolute atomic E-state index is 0.113. The van der Waals surface area contributed by atoms with Gasteiger partial charge in [0.25, 0.3) is 0 Å². The smallest absolute Gasteiger partial charge is 0.396 e. The minimum Gasteiger partial charge on any atom is -0.396 e. The molecular weight excluding hydrogens is 213 g/mol. The van der Waals surface area contributed by atoms with Crippen molar-refractivity contribution >= 4 is 6.03 Å². The van der Waals surface area contributed by atoms with Crippen LogP contribution in [-0.2, 0) is 0 Å². The first-order chi connectivity index (χ1) is 6.89. The molecule has 4 nitrogen and oxygen atoms in total. The van der Waals surface area contributed by atoms with E-state index >= 15 is 0 Å². The van der Waals surface area contributed by atoms with Gasteiger partial charge < -0.3 is 15.7 Å². The van der Waals surface area contributed by atoms with Gasteiger partial charge >= 0.3 is 12.2 Å². The van der Waals surface area contributed by atoms with Crippen LogP contribution >= 0.6 is 0 Å². The molecule has 0 aromatic rings. The maximum atomic E-state index is 11.7. The van der Waals surface area contributed by atoms with Crippen molar-refractivity contribution in [2.75, 3.05) is 13.2 Å². The lowest BCUT2D eigenvalue weighted by atomic mass is 10.2. The molecule has 1 unspecified atom stereocenters. The van der Waals surface area contributed by atoms with Crippen LogP contribution in [0.15, 0.2) is 0 Å². The average molecular weight is 228 g/mol. The zero-order valence-corrected chi connectivity index (χ0v) is 8.40. The number of amides is 2. The lowest BCUT2D eigenvalue weighted by Gasteiger charge is -2.16. The van der Waals surface area contributed by atoms with E-state index < -0.39 is 18.8 Å². The van der Waals surface area contributed by atoms with E-state index in [9.17, 15) is 18.0 Å². The van der Waals surface area contributed by atoms with Crippen LogP contribution in [0.2, 0.25) is 0 Å². The zero-order valence-electron chi connectivity index (χ0n) is 8.40. The largest absolute Gasteiger partial charge is 0.405 e. The van der Waals surface area contributed by atoms with Crippen LogP contribution in [0.5, 0.6) is 0 Å². The van der Waals surface area contributed by atoms with Crippen molar-refractivity contribution in [3.8, 4) is 0 Å². The topological polar surface area (TPSA) is 61.4 Å². The highest BCUT2D eigenvalue weighted by Crippen LogP contribution is 2.11. The van der Waals surface area contributed by atoms with Crippen molar-refractivity contribution in [1.29, 1.82) is 0 Å². The van der Waals surface area contributed by atoms with Gasteiger partial charge in [0, 0.05) is 12.6 Å². The first-order valence-corrected chi connectivity index (χ1v) is 4.61. The number of nitrogens with one attached hydrogen (secondary N) is 2. The maximum absolute atomic E-state index is 11.7. The molecule has 0 aromatic carbocycles. The van der Waals surface area contributed by atoms with Crippen LogP contribution in [0, 0.1) is 0 Å². The predicted octanol–water partition coefficient (Wildman–Crippen LogP) is 1.01. The van der Waals surface area contributed by atoms with Crippen molar-refractivity contribution in [2.24, 2.45) is 0 Å². The molecular formula is C8H15F3N2O2. The number of rotatable bonds is 5. The Kier molecular flexibility index (Phi) is 6.07. The molecule has 0 saturated heterocycles. The second-order valence-corrected chi connectivity index (χ2v) is 3.06. The molecule has 2 amide bonds.